The predicted octanol–water partition coefficient (Wildman–Crippen LogP) is 1.01. The summed E-state index contributed by atoms with van der Waals surface area (Å²) < 4.78 is 5.13. The number of rotatable bonds is 3. The third-order valence-electron chi connectivity index (χ3n) is 3.87. The second-order valence-electron chi connectivity index (χ2n) is 5.32. The van der Waals surface area contributed by atoms with Crippen molar-refractivity contribution in [3.63, 3.8) is 0 Å². The van der Waals surface area contributed by atoms with Crippen molar-refractivity contribution in [3.8, 4) is 0 Å². The third-order valence-corrected chi connectivity index (χ3v) is 3.87. The van der Waals surface area contributed by atoms with Crippen LogP contribution in [0.25, 0.3) is 0 Å². The lowest BCUT2D eigenvalue weighted by Gasteiger charge is -2.33. The maximum atomic E-state index is 12.3. The molecule has 108 valence electrons. The molecule has 0 saturated carbocycles. The lowest BCUT2D eigenvalue weighted by molar-refractivity contribution is -0.154. The predicted molar refractivity (Wildman–Crippen MR) is 68.9 cm³/mol. The van der Waals surface area contributed by atoms with Crippen LogP contribution in [-0.2, 0) is 9.53 Å². The Labute approximate surface area is 113 Å². The van der Waals surface area contributed by atoms with Crippen LogP contribution in [0.15, 0.2) is 0 Å². The number of likely N-dealkylation sites (tertiary alicyclic amines) is 1. The standard InChI is InChI=1S/C13H22N2O4/c1-2-3-10-4-5-14(8-10)13(18)15-6-7-19-11(9-15)12(16)17/h10-11H,2-9H2,1H3,(H,16,17). The van der Waals surface area contributed by atoms with E-state index >= 15 is 0 Å². The van der Waals surface area contributed by atoms with Gasteiger partial charge >= 0.3 is 12.0 Å². The molecule has 2 saturated heterocycles. The minimum absolute atomic E-state index is 0.0341. The largest absolute Gasteiger partial charge is 0.479 e. The molecule has 0 aromatic carbocycles. The minimum atomic E-state index is -0.997. The Morgan fingerprint density at radius 2 is 2.00 bits per heavy atom. The first kappa shape index (κ1) is 14.1. The van der Waals surface area contributed by atoms with Gasteiger partial charge in [-0.1, -0.05) is 13.3 Å². The summed E-state index contributed by atoms with van der Waals surface area (Å²) in [5, 5.41) is 8.94. The molecular formula is C13H22N2O4. The Balaban J connectivity index is 1.87. The van der Waals surface area contributed by atoms with E-state index in [0.29, 0.717) is 19.1 Å². The van der Waals surface area contributed by atoms with Crippen LogP contribution in [0.5, 0.6) is 0 Å². The van der Waals surface area contributed by atoms with Crippen LogP contribution in [0.4, 0.5) is 4.79 Å². The number of carbonyl (C=O) groups is 2. The summed E-state index contributed by atoms with van der Waals surface area (Å²) >= 11 is 0. The zero-order valence-electron chi connectivity index (χ0n) is 11.4. The highest BCUT2D eigenvalue weighted by molar-refractivity contribution is 5.77. The molecule has 0 aromatic heterocycles. The second-order valence-corrected chi connectivity index (χ2v) is 5.32. The molecule has 2 amide bonds. The summed E-state index contributed by atoms with van der Waals surface area (Å²) in [7, 11) is 0. The molecule has 2 unspecified atom stereocenters. The Morgan fingerprint density at radius 1 is 1.26 bits per heavy atom. The van der Waals surface area contributed by atoms with Gasteiger partial charge in [-0.05, 0) is 18.8 Å². The summed E-state index contributed by atoms with van der Waals surface area (Å²) in [5.41, 5.74) is 0. The van der Waals surface area contributed by atoms with E-state index in [1.54, 1.807) is 4.90 Å². The van der Waals surface area contributed by atoms with Crippen molar-refractivity contribution < 1.29 is 19.4 Å². The Bertz CT molecular complexity index is 348. The Hall–Kier alpha value is -1.30. The summed E-state index contributed by atoms with van der Waals surface area (Å²) in [6, 6.07) is -0.0341. The molecule has 2 aliphatic rings. The number of carboxylic acid groups (broad SMARTS) is 1. The van der Waals surface area contributed by atoms with Gasteiger partial charge in [0.15, 0.2) is 6.10 Å². The van der Waals surface area contributed by atoms with E-state index in [9.17, 15) is 9.59 Å². The fourth-order valence-electron chi connectivity index (χ4n) is 2.82. The van der Waals surface area contributed by atoms with Crippen molar-refractivity contribution in [3.05, 3.63) is 0 Å². The lowest BCUT2D eigenvalue weighted by Crippen LogP contribution is -2.52. The van der Waals surface area contributed by atoms with Crippen molar-refractivity contribution >= 4 is 12.0 Å². The van der Waals surface area contributed by atoms with Gasteiger partial charge in [0, 0.05) is 19.6 Å². The van der Waals surface area contributed by atoms with Gasteiger partial charge in [0.2, 0.25) is 0 Å². The van der Waals surface area contributed by atoms with Gasteiger partial charge in [-0.2, -0.15) is 0 Å². The van der Waals surface area contributed by atoms with Crippen LogP contribution in [0.1, 0.15) is 26.2 Å². The van der Waals surface area contributed by atoms with Crippen molar-refractivity contribution in [1.29, 1.82) is 0 Å². The van der Waals surface area contributed by atoms with Crippen LogP contribution >= 0.6 is 0 Å². The zero-order chi connectivity index (χ0) is 13.8. The minimum Gasteiger partial charge on any atom is -0.479 e. The molecular weight excluding hydrogens is 248 g/mol. The smallest absolute Gasteiger partial charge is 0.334 e. The number of carboxylic acids is 1. The quantitative estimate of drug-likeness (QED) is 0.831. The molecule has 2 atom stereocenters. The van der Waals surface area contributed by atoms with Crippen LogP contribution in [0, 0.1) is 5.92 Å². The van der Waals surface area contributed by atoms with Crippen LogP contribution < -0.4 is 0 Å². The van der Waals surface area contributed by atoms with Crippen molar-refractivity contribution in [2.24, 2.45) is 5.92 Å². The van der Waals surface area contributed by atoms with Crippen molar-refractivity contribution in [1.82, 2.24) is 9.80 Å². The second kappa shape index (κ2) is 6.23. The van der Waals surface area contributed by atoms with E-state index < -0.39 is 12.1 Å². The first-order chi connectivity index (χ1) is 9.11. The average molecular weight is 270 g/mol. The number of hydrogen-bond acceptors (Lipinski definition) is 3. The van der Waals surface area contributed by atoms with Gasteiger partial charge in [-0.3, -0.25) is 0 Å². The number of amides is 2. The van der Waals surface area contributed by atoms with E-state index in [1.807, 2.05) is 4.90 Å². The topological polar surface area (TPSA) is 70.1 Å². The van der Waals surface area contributed by atoms with Crippen molar-refractivity contribution in [2.75, 3.05) is 32.8 Å². The van der Waals surface area contributed by atoms with Gasteiger partial charge in [0.05, 0.1) is 13.2 Å². The third kappa shape index (κ3) is 3.37. The Morgan fingerprint density at radius 3 is 2.68 bits per heavy atom. The SMILES string of the molecule is CCCC1CCN(C(=O)N2CCOC(C(=O)O)C2)C1. The molecule has 0 aliphatic carbocycles. The number of ether oxygens (including phenoxy) is 1. The Kier molecular flexibility index (Phi) is 4.63. The molecule has 1 N–H and O–H groups in total. The van der Waals surface area contributed by atoms with Crippen LogP contribution in [0.3, 0.4) is 0 Å². The molecule has 6 nitrogen and oxygen atoms in total. The van der Waals surface area contributed by atoms with Gasteiger partial charge in [-0.15, -0.1) is 0 Å². The highest BCUT2D eigenvalue weighted by Gasteiger charge is 2.33. The lowest BCUT2D eigenvalue weighted by atomic mass is 10.0. The molecule has 19 heavy (non-hydrogen) atoms. The number of aliphatic carboxylic acids is 1. The molecule has 2 rings (SSSR count). The average Bonchev–Trinajstić information content (AvgIpc) is 2.87. The van der Waals surface area contributed by atoms with Crippen LogP contribution in [0.2, 0.25) is 0 Å². The number of carbonyl (C=O) groups excluding carboxylic acids is 1. The first-order valence-electron chi connectivity index (χ1n) is 7.00. The maximum Gasteiger partial charge on any atom is 0.334 e. The number of hydrogen-bond donors (Lipinski definition) is 1. The molecule has 2 fully saturated rings. The van der Waals surface area contributed by atoms with E-state index in [0.717, 1.165) is 32.4 Å². The van der Waals surface area contributed by atoms with E-state index in [4.69, 9.17) is 9.84 Å². The molecule has 2 aliphatic heterocycles. The van der Waals surface area contributed by atoms with Gasteiger partial charge in [-0.25, -0.2) is 9.59 Å². The first-order valence-corrected chi connectivity index (χ1v) is 7.00. The zero-order valence-corrected chi connectivity index (χ0v) is 11.4. The van der Waals surface area contributed by atoms with E-state index in [2.05, 4.69) is 6.92 Å². The van der Waals surface area contributed by atoms with Crippen molar-refractivity contribution in [2.45, 2.75) is 32.3 Å². The van der Waals surface area contributed by atoms with Gasteiger partial charge in [0.25, 0.3) is 0 Å². The van der Waals surface area contributed by atoms with Gasteiger partial charge < -0.3 is 19.6 Å². The summed E-state index contributed by atoms with van der Waals surface area (Å²) in [5.74, 6) is -0.395. The molecule has 6 heteroatoms. The molecule has 0 spiro atoms. The molecule has 0 aromatic rings. The summed E-state index contributed by atoms with van der Waals surface area (Å²) in [6.45, 7) is 4.69. The fourth-order valence-corrected chi connectivity index (χ4v) is 2.82. The number of urea groups is 1. The monoisotopic (exact) mass is 270 g/mol. The van der Waals surface area contributed by atoms with Gasteiger partial charge in [0.1, 0.15) is 0 Å². The highest BCUT2D eigenvalue weighted by Crippen LogP contribution is 2.22. The van der Waals surface area contributed by atoms with Crippen LogP contribution in [-0.4, -0.2) is 65.8 Å². The fraction of sp³-hybridized carbons (Fsp3) is 0.846. The highest BCUT2D eigenvalue weighted by atomic mass is 16.5. The van der Waals surface area contributed by atoms with E-state index in [1.165, 1.54) is 0 Å². The normalized spacial score (nSPS) is 27.6. The maximum absolute atomic E-state index is 12.3. The van der Waals surface area contributed by atoms with E-state index in [-0.39, 0.29) is 12.6 Å². The number of morpholine rings is 1. The summed E-state index contributed by atoms with van der Waals surface area (Å²) in [6.07, 6.45) is 2.48. The summed E-state index contributed by atoms with van der Waals surface area (Å²) in [4.78, 5) is 26.7. The molecule has 0 radical (unpaired) electrons. The number of nitrogens with zero attached hydrogens (tertiary/aromatic N) is 2. The molecule has 0 bridgehead atoms. The molecule has 2 heterocycles.